The van der Waals surface area contributed by atoms with E-state index in [1.165, 1.54) is 0 Å². The lowest BCUT2D eigenvalue weighted by molar-refractivity contribution is 1.55. The summed E-state index contributed by atoms with van der Waals surface area (Å²) in [5.41, 5.74) is 2.22. The Kier molecular flexibility index (Phi) is 2.88. The van der Waals surface area contributed by atoms with Crippen molar-refractivity contribution < 1.29 is 0 Å². The van der Waals surface area contributed by atoms with Crippen molar-refractivity contribution in [3.05, 3.63) is 42.2 Å². The molecule has 3 heteroatoms. The van der Waals surface area contributed by atoms with Crippen LogP contribution in [-0.4, -0.2) is 6.21 Å². The number of hydrogen-bond acceptors (Lipinski definition) is 2. The molecule has 0 saturated heterocycles. The molecule has 1 aliphatic heterocycles. The first-order valence-electron chi connectivity index (χ1n) is 3.50. The summed E-state index contributed by atoms with van der Waals surface area (Å²) in [7, 11) is 0. The minimum Gasteiger partial charge on any atom is -0.360 e. The van der Waals surface area contributed by atoms with Crippen molar-refractivity contribution in [2.75, 3.05) is 5.32 Å². The molecule has 0 bridgehead atoms. The van der Waals surface area contributed by atoms with Gasteiger partial charge in [0.05, 0.1) is 0 Å². The van der Waals surface area contributed by atoms with Crippen LogP contribution in [0.25, 0.3) is 0 Å². The van der Waals surface area contributed by atoms with Crippen molar-refractivity contribution >= 4 is 24.3 Å². The van der Waals surface area contributed by atoms with Crippen molar-refractivity contribution in [2.24, 2.45) is 4.99 Å². The van der Waals surface area contributed by atoms with Crippen LogP contribution in [0.1, 0.15) is 5.56 Å². The first-order valence-corrected chi connectivity index (χ1v) is 3.50. The molecule has 2 rings (SSSR count). The van der Waals surface area contributed by atoms with Crippen molar-refractivity contribution in [3.8, 4) is 0 Å². The minimum absolute atomic E-state index is 0. The zero-order chi connectivity index (χ0) is 7.52. The molecular weight excluding hydrogens is 172 g/mol. The van der Waals surface area contributed by atoms with Gasteiger partial charge in [-0.05, 0) is 6.07 Å². The summed E-state index contributed by atoms with van der Waals surface area (Å²) in [6.07, 6.45) is 5.40. The molecule has 0 spiro atoms. The number of anilines is 1. The lowest BCUT2D eigenvalue weighted by atomic mass is 10.2. The number of para-hydroxylation sites is 1. The highest BCUT2D eigenvalue weighted by atomic mass is 35.5. The monoisotopic (exact) mass is 180 g/mol. The summed E-state index contributed by atoms with van der Waals surface area (Å²) in [5.74, 6) is 0. The highest BCUT2D eigenvalue weighted by molar-refractivity contribution is 5.88. The number of rotatable bonds is 0. The molecule has 0 amide bonds. The van der Waals surface area contributed by atoms with Gasteiger partial charge in [-0.25, -0.2) is 0 Å². The van der Waals surface area contributed by atoms with Gasteiger partial charge in [-0.15, -0.1) is 12.4 Å². The molecule has 0 aromatic heterocycles. The van der Waals surface area contributed by atoms with E-state index in [0.717, 1.165) is 11.3 Å². The maximum absolute atomic E-state index is 4.04. The summed E-state index contributed by atoms with van der Waals surface area (Å²) in [6.45, 7) is 0. The van der Waals surface area contributed by atoms with Crippen LogP contribution >= 0.6 is 12.4 Å². The number of benzene rings is 1. The van der Waals surface area contributed by atoms with E-state index in [-0.39, 0.29) is 12.4 Å². The quantitative estimate of drug-likeness (QED) is 0.652. The molecule has 1 aromatic rings. The topological polar surface area (TPSA) is 24.4 Å². The average Bonchev–Trinajstić information content (AvgIpc) is 2.28. The number of fused-ring (bicyclic) bond motifs is 1. The van der Waals surface area contributed by atoms with Crippen molar-refractivity contribution in [2.45, 2.75) is 0 Å². The van der Waals surface area contributed by atoms with Gasteiger partial charge in [0.1, 0.15) is 0 Å². The fraction of sp³-hybridized carbons (Fsp3) is 0. The standard InChI is InChI=1S/C9H8N2.ClH/c1-2-4-9-8(3-1)7-10-5-6-11-9;/h1-7,11H;1H. The van der Waals surface area contributed by atoms with E-state index in [1.807, 2.05) is 36.7 Å². The second-order valence-electron chi connectivity index (χ2n) is 2.33. The first-order chi connectivity index (χ1) is 5.47. The van der Waals surface area contributed by atoms with Gasteiger partial charge in [-0.1, -0.05) is 18.2 Å². The molecule has 12 heavy (non-hydrogen) atoms. The second-order valence-corrected chi connectivity index (χ2v) is 2.33. The van der Waals surface area contributed by atoms with Gasteiger partial charge in [-0.2, -0.15) is 0 Å². The lowest BCUT2D eigenvalue weighted by Gasteiger charge is -2.01. The highest BCUT2D eigenvalue weighted by Crippen LogP contribution is 2.13. The zero-order valence-electron chi connectivity index (χ0n) is 6.40. The molecule has 2 nitrogen and oxygen atoms in total. The van der Waals surface area contributed by atoms with E-state index in [9.17, 15) is 0 Å². The number of aliphatic imine (C=N–C) groups is 1. The molecule has 0 saturated carbocycles. The molecule has 0 fully saturated rings. The first kappa shape index (κ1) is 8.81. The molecule has 1 N–H and O–H groups in total. The molecule has 0 radical (unpaired) electrons. The van der Waals surface area contributed by atoms with Gasteiger partial charge in [0.15, 0.2) is 0 Å². The largest absolute Gasteiger partial charge is 0.360 e. The summed E-state index contributed by atoms with van der Waals surface area (Å²) >= 11 is 0. The van der Waals surface area contributed by atoms with Gasteiger partial charge in [0.2, 0.25) is 0 Å². The summed E-state index contributed by atoms with van der Waals surface area (Å²) in [4.78, 5) is 4.04. The molecule has 0 atom stereocenters. The van der Waals surface area contributed by atoms with Crippen LogP contribution in [0.5, 0.6) is 0 Å². The normalized spacial score (nSPS) is 12.3. The van der Waals surface area contributed by atoms with Gasteiger partial charge in [0, 0.05) is 29.9 Å². The van der Waals surface area contributed by atoms with E-state index in [2.05, 4.69) is 10.3 Å². The Labute approximate surface area is 77.4 Å². The molecule has 0 unspecified atom stereocenters. The van der Waals surface area contributed by atoms with E-state index >= 15 is 0 Å². The third-order valence-corrected chi connectivity index (χ3v) is 1.57. The van der Waals surface area contributed by atoms with Crippen molar-refractivity contribution in [1.29, 1.82) is 0 Å². The molecule has 1 aromatic carbocycles. The third-order valence-electron chi connectivity index (χ3n) is 1.57. The van der Waals surface area contributed by atoms with Crippen LogP contribution in [0.2, 0.25) is 0 Å². The molecular formula is C9H9ClN2. The summed E-state index contributed by atoms with van der Waals surface area (Å²) in [6, 6.07) is 8.05. The average molecular weight is 181 g/mol. The van der Waals surface area contributed by atoms with E-state index in [0.29, 0.717) is 0 Å². The predicted octanol–water partition coefficient (Wildman–Crippen LogP) is 2.42. The fourth-order valence-corrected chi connectivity index (χ4v) is 1.03. The van der Waals surface area contributed by atoms with Gasteiger partial charge in [0.25, 0.3) is 0 Å². The van der Waals surface area contributed by atoms with Gasteiger partial charge >= 0.3 is 0 Å². The Morgan fingerprint density at radius 1 is 1.17 bits per heavy atom. The smallest absolute Gasteiger partial charge is 0.0469 e. The Morgan fingerprint density at radius 2 is 2.00 bits per heavy atom. The van der Waals surface area contributed by atoms with Crippen LogP contribution in [-0.2, 0) is 0 Å². The Bertz CT molecular complexity index is 318. The second kappa shape index (κ2) is 3.93. The SMILES string of the molecule is C1=CNc2ccccc2C=N1.Cl. The van der Waals surface area contributed by atoms with E-state index in [4.69, 9.17) is 0 Å². The maximum atomic E-state index is 4.04. The maximum Gasteiger partial charge on any atom is 0.0469 e. The summed E-state index contributed by atoms with van der Waals surface area (Å²) < 4.78 is 0. The minimum atomic E-state index is 0. The molecule has 0 aliphatic carbocycles. The molecule has 1 aliphatic rings. The lowest BCUT2D eigenvalue weighted by Crippen LogP contribution is -1.89. The van der Waals surface area contributed by atoms with Crippen LogP contribution in [0.15, 0.2) is 41.7 Å². The molecule has 62 valence electrons. The van der Waals surface area contributed by atoms with Crippen molar-refractivity contribution in [3.63, 3.8) is 0 Å². The third kappa shape index (κ3) is 1.66. The number of nitrogens with zero attached hydrogens (tertiary/aromatic N) is 1. The zero-order valence-corrected chi connectivity index (χ0v) is 7.21. The van der Waals surface area contributed by atoms with E-state index in [1.54, 1.807) is 6.20 Å². The van der Waals surface area contributed by atoms with Gasteiger partial charge < -0.3 is 5.32 Å². The number of halogens is 1. The Hall–Kier alpha value is -1.28. The van der Waals surface area contributed by atoms with Crippen LogP contribution in [0.3, 0.4) is 0 Å². The van der Waals surface area contributed by atoms with Gasteiger partial charge in [-0.3, -0.25) is 4.99 Å². The van der Waals surface area contributed by atoms with Crippen LogP contribution in [0.4, 0.5) is 5.69 Å². The van der Waals surface area contributed by atoms with Crippen molar-refractivity contribution in [1.82, 2.24) is 0 Å². The van der Waals surface area contributed by atoms with Crippen LogP contribution in [0, 0.1) is 0 Å². The number of hydrogen-bond donors (Lipinski definition) is 1. The van der Waals surface area contributed by atoms with Crippen LogP contribution < -0.4 is 5.32 Å². The fourth-order valence-electron chi connectivity index (χ4n) is 1.03. The predicted molar refractivity (Wildman–Crippen MR) is 54.0 cm³/mol. The Morgan fingerprint density at radius 3 is 2.92 bits per heavy atom. The summed E-state index contributed by atoms with van der Waals surface area (Å²) in [5, 5.41) is 3.12. The molecule has 1 heterocycles. The van der Waals surface area contributed by atoms with E-state index < -0.39 is 0 Å². The Balaban J connectivity index is 0.000000720. The highest BCUT2D eigenvalue weighted by Gasteiger charge is 1.96. The number of nitrogens with one attached hydrogen (secondary N) is 1.